The van der Waals surface area contributed by atoms with E-state index in [1.807, 2.05) is 46.4 Å². The van der Waals surface area contributed by atoms with Crippen molar-refractivity contribution >= 4 is 27.8 Å². The molecular weight excluding hydrogens is 310 g/mol. The molecule has 4 heterocycles. The van der Waals surface area contributed by atoms with Gasteiger partial charge in [0.25, 0.3) is 5.91 Å². The molecule has 0 atom stereocenters. The van der Waals surface area contributed by atoms with Crippen molar-refractivity contribution in [2.75, 3.05) is 13.1 Å². The number of imidazole rings is 1. The molecule has 0 fully saturated rings. The Hall–Kier alpha value is -2.41. The van der Waals surface area contributed by atoms with Crippen LogP contribution < -0.4 is 0 Å². The van der Waals surface area contributed by atoms with Crippen LogP contribution >= 0.6 is 11.3 Å². The van der Waals surface area contributed by atoms with E-state index in [2.05, 4.69) is 16.2 Å². The van der Waals surface area contributed by atoms with E-state index in [0.717, 1.165) is 34.2 Å². The van der Waals surface area contributed by atoms with E-state index in [0.29, 0.717) is 6.54 Å². The molecule has 0 N–H and O–H groups in total. The average Bonchev–Trinajstić information content (AvgIpc) is 3.21. The number of rotatable bonds is 2. The van der Waals surface area contributed by atoms with Gasteiger partial charge >= 0.3 is 0 Å². The Balaban J connectivity index is 1.53. The lowest BCUT2D eigenvalue weighted by Gasteiger charge is -2.26. The van der Waals surface area contributed by atoms with Crippen LogP contribution in [0.4, 0.5) is 0 Å². The third kappa shape index (κ3) is 2.46. The summed E-state index contributed by atoms with van der Waals surface area (Å²) in [5.74, 6) is 0.0819. The first-order chi connectivity index (χ1) is 11.1. The number of aryl methyl sites for hydroxylation is 2. The molecule has 0 aromatic carbocycles. The standard InChI is InChI=1S/C16H17N5OS/c1-11-9-21-10-14(23-16(21)18-11)15(22)20-7-4-12(5-8-20)13-3-6-17-19(13)2/h3-4,6,9-10H,5,7-8H2,1-2H3. The van der Waals surface area contributed by atoms with E-state index in [9.17, 15) is 4.79 Å². The van der Waals surface area contributed by atoms with E-state index >= 15 is 0 Å². The molecule has 0 radical (unpaired) electrons. The van der Waals surface area contributed by atoms with Crippen LogP contribution in [0.3, 0.4) is 0 Å². The molecule has 0 saturated heterocycles. The Labute approximate surface area is 137 Å². The van der Waals surface area contributed by atoms with Gasteiger partial charge in [-0.2, -0.15) is 5.10 Å². The number of thiazole rings is 1. The molecule has 6 nitrogen and oxygen atoms in total. The normalized spacial score (nSPS) is 15.2. The van der Waals surface area contributed by atoms with Crippen molar-refractivity contribution in [1.29, 1.82) is 0 Å². The molecule has 0 unspecified atom stereocenters. The highest BCUT2D eigenvalue weighted by atomic mass is 32.1. The van der Waals surface area contributed by atoms with Crippen molar-refractivity contribution < 1.29 is 4.79 Å². The van der Waals surface area contributed by atoms with Gasteiger partial charge in [-0.1, -0.05) is 17.4 Å². The van der Waals surface area contributed by atoms with Crippen LogP contribution in [0, 0.1) is 6.92 Å². The Morgan fingerprint density at radius 2 is 2.22 bits per heavy atom. The molecule has 0 aliphatic carbocycles. The summed E-state index contributed by atoms with van der Waals surface area (Å²) in [7, 11) is 1.94. The van der Waals surface area contributed by atoms with Gasteiger partial charge in [-0.15, -0.1) is 0 Å². The predicted octanol–water partition coefficient (Wildman–Crippen LogP) is 2.37. The Kier molecular flexibility index (Phi) is 3.30. The van der Waals surface area contributed by atoms with Crippen molar-refractivity contribution in [2.24, 2.45) is 7.05 Å². The van der Waals surface area contributed by atoms with Crippen molar-refractivity contribution in [2.45, 2.75) is 13.3 Å². The lowest BCUT2D eigenvalue weighted by atomic mass is 10.0. The first-order valence-electron chi connectivity index (χ1n) is 7.53. The number of hydrogen-bond acceptors (Lipinski definition) is 4. The quantitative estimate of drug-likeness (QED) is 0.726. The zero-order chi connectivity index (χ0) is 16.0. The summed E-state index contributed by atoms with van der Waals surface area (Å²) >= 11 is 1.45. The maximum absolute atomic E-state index is 12.7. The summed E-state index contributed by atoms with van der Waals surface area (Å²) in [5.41, 5.74) is 3.35. The number of fused-ring (bicyclic) bond motifs is 1. The van der Waals surface area contributed by atoms with Gasteiger partial charge in [0.05, 0.1) is 11.4 Å². The molecule has 7 heteroatoms. The van der Waals surface area contributed by atoms with Crippen molar-refractivity contribution in [3.8, 4) is 0 Å². The molecule has 0 spiro atoms. The minimum Gasteiger partial charge on any atom is -0.334 e. The average molecular weight is 327 g/mol. The van der Waals surface area contributed by atoms with Crippen LogP contribution in [-0.2, 0) is 7.05 Å². The van der Waals surface area contributed by atoms with E-state index in [1.165, 1.54) is 16.9 Å². The molecule has 3 aromatic heterocycles. The van der Waals surface area contributed by atoms with Gasteiger partial charge in [0.2, 0.25) is 0 Å². The third-order valence-corrected chi connectivity index (χ3v) is 5.12. The number of aromatic nitrogens is 4. The van der Waals surface area contributed by atoms with Crippen molar-refractivity contribution in [1.82, 2.24) is 24.1 Å². The first kappa shape index (κ1) is 14.2. The SMILES string of the molecule is Cc1cn2cc(C(=O)N3CC=C(c4ccnn4C)CC3)sc2n1. The second kappa shape index (κ2) is 5.34. The summed E-state index contributed by atoms with van der Waals surface area (Å²) in [6.07, 6.45) is 8.60. The van der Waals surface area contributed by atoms with Crippen LogP contribution in [0.15, 0.2) is 30.7 Å². The lowest BCUT2D eigenvalue weighted by molar-refractivity contribution is 0.0777. The van der Waals surface area contributed by atoms with E-state index < -0.39 is 0 Å². The fourth-order valence-corrected chi connectivity index (χ4v) is 3.92. The Bertz CT molecular complexity index is 885. The summed E-state index contributed by atoms with van der Waals surface area (Å²) in [6.45, 7) is 3.32. The molecule has 1 aliphatic rings. The van der Waals surface area contributed by atoms with E-state index in [-0.39, 0.29) is 5.91 Å². The summed E-state index contributed by atoms with van der Waals surface area (Å²) < 4.78 is 3.80. The molecule has 4 rings (SSSR count). The van der Waals surface area contributed by atoms with Crippen LogP contribution in [0.2, 0.25) is 0 Å². The van der Waals surface area contributed by atoms with Gasteiger partial charge in [0.1, 0.15) is 4.88 Å². The van der Waals surface area contributed by atoms with Gasteiger partial charge in [-0.25, -0.2) is 4.98 Å². The third-order valence-electron chi connectivity index (χ3n) is 4.13. The van der Waals surface area contributed by atoms with Crippen LogP contribution in [-0.4, -0.2) is 43.1 Å². The van der Waals surface area contributed by atoms with E-state index in [1.54, 1.807) is 6.20 Å². The second-order valence-electron chi connectivity index (χ2n) is 5.74. The van der Waals surface area contributed by atoms with Crippen molar-refractivity contribution in [3.63, 3.8) is 0 Å². The molecule has 3 aromatic rings. The van der Waals surface area contributed by atoms with Crippen LogP contribution in [0.25, 0.3) is 10.5 Å². The topological polar surface area (TPSA) is 55.4 Å². The summed E-state index contributed by atoms with van der Waals surface area (Å²) in [4.78, 5) is 20.6. The summed E-state index contributed by atoms with van der Waals surface area (Å²) in [6, 6.07) is 2.01. The van der Waals surface area contributed by atoms with E-state index in [4.69, 9.17) is 0 Å². The smallest absolute Gasteiger partial charge is 0.265 e. The van der Waals surface area contributed by atoms with Gasteiger partial charge in [-0.05, 0) is 25.0 Å². The number of nitrogens with zero attached hydrogens (tertiary/aromatic N) is 5. The fraction of sp³-hybridized carbons (Fsp3) is 0.312. The molecular formula is C16H17N5OS. The highest BCUT2D eigenvalue weighted by Crippen LogP contribution is 2.24. The highest BCUT2D eigenvalue weighted by molar-refractivity contribution is 7.18. The number of carbonyl (C=O) groups excluding carboxylic acids is 1. The highest BCUT2D eigenvalue weighted by Gasteiger charge is 2.22. The second-order valence-corrected chi connectivity index (χ2v) is 6.75. The van der Waals surface area contributed by atoms with Crippen LogP contribution in [0.1, 0.15) is 27.5 Å². The number of hydrogen-bond donors (Lipinski definition) is 0. The van der Waals surface area contributed by atoms with Crippen LogP contribution in [0.5, 0.6) is 0 Å². The molecule has 23 heavy (non-hydrogen) atoms. The minimum atomic E-state index is 0.0819. The zero-order valence-corrected chi connectivity index (χ0v) is 13.9. The first-order valence-corrected chi connectivity index (χ1v) is 8.35. The Morgan fingerprint density at radius 3 is 2.87 bits per heavy atom. The zero-order valence-electron chi connectivity index (χ0n) is 13.1. The van der Waals surface area contributed by atoms with Gasteiger partial charge < -0.3 is 4.90 Å². The van der Waals surface area contributed by atoms with Crippen molar-refractivity contribution in [3.05, 3.63) is 47.0 Å². The largest absolute Gasteiger partial charge is 0.334 e. The predicted molar refractivity (Wildman–Crippen MR) is 89.5 cm³/mol. The number of amides is 1. The van der Waals surface area contributed by atoms with Gasteiger partial charge in [0.15, 0.2) is 4.96 Å². The van der Waals surface area contributed by atoms with Gasteiger partial charge in [0, 0.05) is 38.7 Å². The molecule has 118 valence electrons. The minimum absolute atomic E-state index is 0.0819. The lowest BCUT2D eigenvalue weighted by Crippen LogP contribution is -2.34. The van der Waals surface area contributed by atoms with Gasteiger partial charge in [-0.3, -0.25) is 13.9 Å². The molecule has 1 aliphatic heterocycles. The fourth-order valence-electron chi connectivity index (χ4n) is 2.94. The monoisotopic (exact) mass is 327 g/mol. The Morgan fingerprint density at radius 1 is 1.35 bits per heavy atom. The summed E-state index contributed by atoms with van der Waals surface area (Å²) in [5, 5.41) is 4.21. The molecule has 1 amide bonds. The maximum atomic E-state index is 12.7. The molecule has 0 saturated carbocycles. The number of carbonyl (C=O) groups is 1. The maximum Gasteiger partial charge on any atom is 0.265 e. The molecule has 0 bridgehead atoms.